The van der Waals surface area contributed by atoms with Gasteiger partial charge in [-0.25, -0.2) is 0 Å². The Labute approximate surface area is 214 Å². The summed E-state index contributed by atoms with van der Waals surface area (Å²) in [6, 6.07) is 28.5. The number of aromatic nitrogens is 1. The average molecular weight is 576 g/mol. The molecule has 4 fully saturated rings. The quantitative estimate of drug-likeness (QED) is 0.175. The molecule has 0 atom stereocenters. The molecule has 2 radical (unpaired) electrons. The van der Waals surface area contributed by atoms with Crippen LogP contribution in [0.4, 0.5) is 2.86 Å². The SMILES string of the molecule is FI=NP12(c3cc4c5c(c3)c3ccccc3n5-c3cccc5c3B4c3ccccc3O5)B3[B-]B1B32. The van der Waals surface area contributed by atoms with Crippen molar-refractivity contribution in [2.24, 2.45) is 2.92 Å². The van der Waals surface area contributed by atoms with Crippen LogP contribution in [0.2, 0.25) is 0 Å². The number of benzene rings is 4. The van der Waals surface area contributed by atoms with E-state index in [0.717, 1.165) is 11.5 Å². The molecule has 160 valence electrons. The number of para-hydroxylation sites is 2. The van der Waals surface area contributed by atoms with Gasteiger partial charge in [0, 0.05) is 0 Å². The predicted molar refractivity (Wildman–Crippen MR) is 159 cm³/mol. The Balaban J connectivity index is 1.41. The summed E-state index contributed by atoms with van der Waals surface area (Å²) in [5.74, 6) is 1.87. The minimum absolute atomic E-state index is 0.0998. The third-order valence-corrected chi connectivity index (χ3v) is 19.5. The average Bonchev–Trinajstić information content (AvgIpc) is 3.47. The summed E-state index contributed by atoms with van der Waals surface area (Å²) in [4.78, 5) is 0. The normalized spacial score (nSPS) is 21.3. The molecule has 7 heterocycles. The van der Waals surface area contributed by atoms with Gasteiger partial charge in [0.25, 0.3) is 0 Å². The Kier molecular flexibility index (Phi) is 3.05. The van der Waals surface area contributed by atoms with Gasteiger partial charge < -0.3 is 0 Å². The molecule has 4 saturated heterocycles. The fourth-order valence-electron chi connectivity index (χ4n) is 8.03. The van der Waals surface area contributed by atoms with Crippen LogP contribution in [0.3, 0.4) is 0 Å². The summed E-state index contributed by atoms with van der Waals surface area (Å²) in [5, 5.41) is 3.92. The Morgan fingerprint density at radius 3 is 2.51 bits per heavy atom. The van der Waals surface area contributed by atoms with E-state index in [1.807, 2.05) is 6.07 Å². The van der Waals surface area contributed by atoms with Crippen molar-refractivity contribution in [3.8, 4) is 17.2 Å². The first-order chi connectivity index (χ1) is 17.3. The molecule has 0 aliphatic carbocycles. The van der Waals surface area contributed by atoms with Crippen LogP contribution in [0, 0.1) is 0 Å². The van der Waals surface area contributed by atoms with Gasteiger partial charge in [-0.15, -0.1) is 0 Å². The molecule has 2 bridgehead atoms. The molecule has 0 amide bonds. The van der Waals surface area contributed by atoms with Crippen LogP contribution < -0.4 is 26.4 Å². The summed E-state index contributed by atoms with van der Waals surface area (Å²) >= 11 is -1.58. The Bertz CT molecular complexity index is 1890. The molecule has 5 aromatic rings. The molecular formula is C24H13B5FIN2OP-. The molecular weight excluding hydrogens is 563 g/mol. The number of ether oxygens (including phenoxy) is 1. The van der Waals surface area contributed by atoms with E-state index in [1.54, 1.807) is 0 Å². The molecule has 0 spiro atoms. The molecule has 6 aliphatic rings. The molecule has 4 aromatic carbocycles. The zero-order chi connectivity index (χ0) is 22.7. The molecule has 11 heteroatoms. The molecule has 6 aliphatic heterocycles. The van der Waals surface area contributed by atoms with Crippen molar-refractivity contribution < 1.29 is 7.60 Å². The number of nitrogens with zero attached hydrogens (tertiary/aromatic N) is 2. The van der Waals surface area contributed by atoms with Crippen LogP contribution in [-0.2, 0) is 0 Å². The summed E-state index contributed by atoms with van der Waals surface area (Å²) in [7, 11) is 2.45. The fourth-order valence-corrected chi connectivity index (χ4v) is 19.6. The van der Waals surface area contributed by atoms with Gasteiger partial charge >= 0.3 is 215 Å². The minimum atomic E-state index is -2.40. The van der Waals surface area contributed by atoms with Crippen LogP contribution in [0.15, 0.2) is 81.8 Å². The van der Waals surface area contributed by atoms with Gasteiger partial charge in [0.1, 0.15) is 0 Å². The van der Waals surface area contributed by atoms with Crippen molar-refractivity contribution in [2.45, 2.75) is 0 Å². The topological polar surface area (TPSA) is 26.5 Å². The van der Waals surface area contributed by atoms with Gasteiger partial charge in [-0.2, -0.15) is 0 Å². The number of fused-ring (bicyclic) bond motifs is 7. The van der Waals surface area contributed by atoms with E-state index in [-0.39, 0.29) is 6.71 Å². The zero-order valence-corrected chi connectivity index (χ0v) is 21.5. The first-order valence-electron chi connectivity index (χ1n) is 12.1. The van der Waals surface area contributed by atoms with Crippen molar-refractivity contribution in [1.29, 1.82) is 0 Å². The second-order valence-corrected chi connectivity index (χ2v) is 17.3. The first-order valence-corrected chi connectivity index (χ1v) is 16.3. The molecule has 1 aromatic heterocycles. The summed E-state index contributed by atoms with van der Waals surface area (Å²) < 4.78 is 27.8. The van der Waals surface area contributed by atoms with E-state index < -0.39 is 28.0 Å². The second-order valence-electron chi connectivity index (χ2n) is 10.6. The van der Waals surface area contributed by atoms with Gasteiger partial charge in [-0.1, -0.05) is 0 Å². The van der Waals surface area contributed by atoms with Gasteiger partial charge in [0.05, 0.1) is 0 Å². The van der Waals surface area contributed by atoms with E-state index in [9.17, 15) is 2.86 Å². The third kappa shape index (κ3) is 1.74. The van der Waals surface area contributed by atoms with Gasteiger partial charge in [-0.05, 0) is 0 Å². The maximum absolute atomic E-state index is 14.0. The molecule has 0 unspecified atom stereocenters. The van der Waals surface area contributed by atoms with Crippen LogP contribution in [-0.4, -0.2) is 37.0 Å². The van der Waals surface area contributed by atoms with E-state index in [0.29, 0.717) is 18.6 Å². The van der Waals surface area contributed by atoms with E-state index >= 15 is 0 Å². The summed E-state index contributed by atoms with van der Waals surface area (Å²) in [5.41, 5.74) is 7.47. The van der Waals surface area contributed by atoms with Gasteiger partial charge in [0.2, 0.25) is 0 Å². The fraction of sp³-hybridized carbons (Fsp3) is 0. The van der Waals surface area contributed by atoms with Crippen molar-refractivity contribution in [3.63, 3.8) is 0 Å². The van der Waals surface area contributed by atoms with Crippen molar-refractivity contribution >= 4 is 104 Å². The van der Waals surface area contributed by atoms with Gasteiger partial charge in [-0.3, -0.25) is 0 Å². The van der Waals surface area contributed by atoms with Crippen molar-refractivity contribution in [2.75, 3.05) is 0 Å². The monoisotopic (exact) mass is 577 g/mol. The van der Waals surface area contributed by atoms with Crippen LogP contribution in [0.5, 0.6) is 11.5 Å². The van der Waals surface area contributed by atoms with Crippen molar-refractivity contribution in [3.05, 3.63) is 78.9 Å². The summed E-state index contributed by atoms with van der Waals surface area (Å²) in [6.45, 7) is 0.0998. The number of hydrogen-bond donors (Lipinski definition) is 0. The maximum atomic E-state index is 14.0. The first kappa shape index (κ1) is 18.9. The van der Waals surface area contributed by atoms with E-state index in [1.165, 1.54) is 49.2 Å². The number of hydrogen-bond acceptors (Lipinski definition) is 2. The van der Waals surface area contributed by atoms with E-state index in [4.69, 9.17) is 7.65 Å². The Morgan fingerprint density at radius 2 is 1.69 bits per heavy atom. The van der Waals surface area contributed by atoms with E-state index in [2.05, 4.69) is 84.4 Å². The Morgan fingerprint density at radius 1 is 0.886 bits per heavy atom. The zero-order valence-electron chi connectivity index (χ0n) is 18.4. The van der Waals surface area contributed by atoms with Crippen LogP contribution in [0.1, 0.15) is 0 Å². The number of rotatable bonds is 2. The Hall–Kier alpha value is -2.31. The van der Waals surface area contributed by atoms with Gasteiger partial charge in [0.15, 0.2) is 0 Å². The molecule has 0 saturated carbocycles. The second kappa shape index (κ2) is 5.65. The number of halogens is 2. The van der Waals surface area contributed by atoms with Crippen LogP contribution >= 0.6 is 28.0 Å². The molecule has 0 N–H and O–H groups in total. The summed E-state index contributed by atoms with van der Waals surface area (Å²) in [6.07, 6.45) is -0.620. The molecule has 3 nitrogen and oxygen atoms in total. The molecule has 35 heavy (non-hydrogen) atoms. The molecule has 11 rings (SSSR count). The third-order valence-electron chi connectivity index (χ3n) is 9.67. The standard InChI is InChI=1S/C24H13B5FIN2OP/c30-31-32-35(27-25-28(35)29(27)35)14-12-16-15-6-1-3-8-19(15)33-20-9-5-11-22-23(20)26(18(13-14)24(16)33)17-7-2-4-10-21(17)34-22/h1-13H/q-1. The van der Waals surface area contributed by atoms with Crippen molar-refractivity contribution in [1.82, 2.24) is 4.57 Å². The predicted octanol–water partition coefficient (Wildman–Crippen LogP) is 3.72. The van der Waals surface area contributed by atoms with Crippen LogP contribution in [0.25, 0.3) is 27.5 Å².